The monoisotopic (exact) mass is 310 g/mol. The third kappa shape index (κ3) is 4.42. The Labute approximate surface area is 116 Å². The van der Waals surface area contributed by atoms with E-state index in [9.17, 15) is 4.79 Å². The van der Waals surface area contributed by atoms with Gasteiger partial charge in [-0.2, -0.15) is 0 Å². The molecule has 0 bridgehead atoms. The van der Waals surface area contributed by atoms with Crippen LogP contribution < -0.4 is 10.6 Å². The molecule has 4 heteroatoms. The Bertz CT molecular complexity index is 401. The largest absolute Gasteiger partial charge is 0.353 e. The molecule has 3 nitrogen and oxygen atoms in total. The van der Waals surface area contributed by atoms with Gasteiger partial charge in [-0.05, 0) is 37.5 Å². The average molecular weight is 311 g/mol. The summed E-state index contributed by atoms with van der Waals surface area (Å²) in [6, 6.07) is 8.98. The first kappa shape index (κ1) is 13.6. The Balaban J connectivity index is 1.68. The van der Waals surface area contributed by atoms with Gasteiger partial charge in [-0.1, -0.05) is 28.1 Å². The number of hydrogen-bond donors (Lipinski definition) is 2. The molecule has 1 aromatic carbocycles. The Kier molecular flexibility index (Phi) is 4.78. The van der Waals surface area contributed by atoms with Crippen molar-refractivity contribution in [2.75, 3.05) is 6.54 Å². The summed E-state index contributed by atoms with van der Waals surface area (Å²) >= 11 is 3.42. The fourth-order valence-corrected chi connectivity index (χ4v) is 2.06. The zero-order valence-electron chi connectivity index (χ0n) is 10.6. The van der Waals surface area contributed by atoms with Crippen molar-refractivity contribution in [3.63, 3.8) is 0 Å². The van der Waals surface area contributed by atoms with Crippen LogP contribution in [0.15, 0.2) is 28.7 Å². The van der Waals surface area contributed by atoms with Crippen LogP contribution in [0.3, 0.4) is 0 Å². The second-order valence-electron chi connectivity index (χ2n) is 4.82. The summed E-state index contributed by atoms with van der Waals surface area (Å²) < 4.78 is 1.09. The Hall–Kier alpha value is -0.870. The van der Waals surface area contributed by atoms with Gasteiger partial charge in [-0.15, -0.1) is 0 Å². The highest BCUT2D eigenvalue weighted by molar-refractivity contribution is 9.10. The Morgan fingerprint density at radius 2 is 2.06 bits per heavy atom. The number of halogens is 1. The van der Waals surface area contributed by atoms with E-state index in [-0.39, 0.29) is 11.9 Å². The number of benzene rings is 1. The highest BCUT2D eigenvalue weighted by Gasteiger charge is 2.22. The summed E-state index contributed by atoms with van der Waals surface area (Å²) in [7, 11) is 0. The summed E-state index contributed by atoms with van der Waals surface area (Å²) in [5.41, 5.74) is 1.24. The molecule has 1 fully saturated rings. The van der Waals surface area contributed by atoms with Gasteiger partial charge in [0.2, 0.25) is 5.91 Å². The van der Waals surface area contributed by atoms with Crippen LogP contribution in [-0.4, -0.2) is 18.5 Å². The number of hydrogen-bond acceptors (Lipinski definition) is 2. The van der Waals surface area contributed by atoms with Crippen molar-refractivity contribution in [2.45, 2.75) is 38.3 Å². The summed E-state index contributed by atoms with van der Waals surface area (Å²) in [4.78, 5) is 11.5. The molecule has 98 valence electrons. The lowest BCUT2D eigenvalue weighted by molar-refractivity contribution is -0.121. The van der Waals surface area contributed by atoms with Gasteiger partial charge in [0.1, 0.15) is 0 Å². The van der Waals surface area contributed by atoms with Crippen LogP contribution in [-0.2, 0) is 4.79 Å². The smallest absolute Gasteiger partial charge is 0.221 e. The summed E-state index contributed by atoms with van der Waals surface area (Å²) in [6.07, 6.45) is 2.85. The third-order valence-electron chi connectivity index (χ3n) is 3.12. The molecule has 2 N–H and O–H groups in total. The van der Waals surface area contributed by atoms with E-state index in [4.69, 9.17) is 0 Å². The minimum atomic E-state index is 0.160. The highest BCUT2D eigenvalue weighted by Crippen LogP contribution is 2.19. The number of carbonyl (C=O) groups excluding carboxylic acids is 1. The molecule has 0 aromatic heterocycles. The van der Waals surface area contributed by atoms with E-state index in [2.05, 4.69) is 45.6 Å². The van der Waals surface area contributed by atoms with E-state index < -0.39 is 0 Å². The molecule has 1 saturated carbocycles. The van der Waals surface area contributed by atoms with Crippen molar-refractivity contribution in [2.24, 2.45) is 0 Å². The topological polar surface area (TPSA) is 41.1 Å². The average Bonchev–Trinajstić information content (AvgIpc) is 3.13. The summed E-state index contributed by atoms with van der Waals surface area (Å²) in [5.74, 6) is 0.160. The van der Waals surface area contributed by atoms with E-state index >= 15 is 0 Å². The SMILES string of the molecule is C[C@H](NCCC(=O)NC1CC1)c1ccc(Br)cc1. The fourth-order valence-electron chi connectivity index (χ4n) is 1.80. The number of amides is 1. The lowest BCUT2D eigenvalue weighted by Crippen LogP contribution is -2.30. The fraction of sp³-hybridized carbons (Fsp3) is 0.500. The van der Waals surface area contributed by atoms with E-state index in [0.717, 1.165) is 23.9 Å². The molecular weight excluding hydrogens is 292 g/mol. The van der Waals surface area contributed by atoms with E-state index in [1.54, 1.807) is 0 Å². The molecule has 1 aliphatic rings. The van der Waals surface area contributed by atoms with Crippen LogP contribution in [0.5, 0.6) is 0 Å². The van der Waals surface area contributed by atoms with Gasteiger partial charge in [-0.25, -0.2) is 0 Å². The highest BCUT2D eigenvalue weighted by atomic mass is 79.9. The van der Waals surface area contributed by atoms with Crippen LogP contribution in [0, 0.1) is 0 Å². The van der Waals surface area contributed by atoms with E-state index in [0.29, 0.717) is 12.5 Å². The maximum atomic E-state index is 11.5. The number of carbonyl (C=O) groups is 1. The van der Waals surface area contributed by atoms with Crippen molar-refractivity contribution in [1.82, 2.24) is 10.6 Å². The molecule has 0 unspecified atom stereocenters. The first-order chi connectivity index (χ1) is 8.65. The lowest BCUT2D eigenvalue weighted by atomic mass is 10.1. The molecule has 0 heterocycles. The summed E-state index contributed by atoms with van der Waals surface area (Å²) in [6.45, 7) is 2.83. The third-order valence-corrected chi connectivity index (χ3v) is 3.64. The summed E-state index contributed by atoms with van der Waals surface area (Å²) in [5, 5.41) is 6.36. The predicted octanol–water partition coefficient (Wildman–Crippen LogP) is 2.77. The van der Waals surface area contributed by atoms with Crippen LogP contribution in [0.2, 0.25) is 0 Å². The Morgan fingerprint density at radius 3 is 2.67 bits per heavy atom. The zero-order chi connectivity index (χ0) is 13.0. The van der Waals surface area contributed by atoms with Crippen molar-refractivity contribution in [3.05, 3.63) is 34.3 Å². The van der Waals surface area contributed by atoms with Crippen molar-refractivity contribution < 1.29 is 4.79 Å². The minimum absolute atomic E-state index is 0.160. The second-order valence-corrected chi connectivity index (χ2v) is 5.73. The first-order valence-electron chi connectivity index (χ1n) is 6.43. The molecule has 2 rings (SSSR count). The molecule has 0 spiro atoms. The Morgan fingerprint density at radius 1 is 1.39 bits per heavy atom. The van der Waals surface area contributed by atoms with Crippen LogP contribution in [0.25, 0.3) is 0 Å². The molecular formula is C14H19BrN2O. The van der Waals surface area contributed by atoms with Gasteiger partial charge in [-0.3, -0.25) is 4.79 Å². The van der Waals surface area contributed by atoms with Gasteiger partial charge in [0, 0.05) is 29.5 Å². The molecule has 1 amide bonds. The van der Waals surface area contributed by atoms with E-state index in [1.165, 1.54) is 5.56 Å². The second kappa shape index (κ2) is 6.34. The number of rotatable bonds is 6. The van der Waals surface area contributed by atoms with Crippen molar-refractivity contribution in [3.8, 4) is 0 Å². The molecule has 18 heavy (non-hydrogen) atoms. The number of nitrogens with one attached hydrogen (secondary N) is 2. The van der Waals surface area contributed by atoms with Gasteiger partial charge < -0.3 is 10.6 Å². The predicted molar refractivity (Wildman–Crippen MR) is 76.3 cm³/mol. The van der Waals surface area contributed by atoms with Crippen LogP contribution in [0.4, 0.5) is 0 Å². The van der Waals surface area contributed by atoms with Gasteiger partial charge >= 0.3 is 0 Å². The normalized spacial score (nSPS) is 16.3. The molecule has 0 radical (unpaired) electrons. The van der Waals surface area contributed by atoms with Crippen molar-refractivity contribution in [1.29, 1.82) is 0 Å². The first-order valence-corrected chi connectivity index (χ1v) is 7.22. The molecule has 1 aliphatic carbocycles. The molecule has 0 aliphatic heterocycles. The van der Waals surface area contributed by atoms with Crippen LogP contribution >= 0.6 is 15.9 Å². The van der Waals surface area contributed by atoms with Crippen molar-refractivity contribution >= 4 is 21.8 Å². The standard InChI is InChI=1S/C14H19BrN2O/c1-10(11-2-4-12(15)5-3-11)16-9-8-14(18)17-13-6-7-13/h2-5,10,13,16H,6-9H2,1H3,(H,17,18)/t10-/m0/s1. The molecule has 0 saturated heterocycles. The zero-order valence-corrected chi connectivity index (χ0v) is 12.2. The lowest BCUT2D eigenvalue weighted by Gasteiger charge is -2.14. The molecule has 1 aromatic rings. The van der Waals surface area contributed by atoms with Gasteiger partial charge in [0.25, 0.3) is 0 Å². The van der Waals surface area contributed by atoms with E-state index in [1.807, 2.05) is 12.1 Å². The maximum absolute atomic E-state index is 11.5. The quantitative estimate of drug-likeness (QED) is 0.848. The van der Waals surface area contributed by atoms with Gasteiger partial charge in [0.15, 0.2) is 0 Å². The maximum Gasteiger partial charge on any atom is 0.221 e. The minimum Gasteiger partial charge on any atom is -0.353 e. The molecule has 1 atom stereocenters. The van der Waals surface area contributed by atoms with Crippen LogP contribution in [0.1, 0.15) is 37.8 Å². The van der Waals surface area contributed by atoms with Gasteiger partial charge in [0.05, 0.1) is 0 Å².